The zero-order valence-corrected chi connectivity index (χ0v) is 11.8. The van der Waals surface area contributed by atoms with E-state index in [1.165, 1.54) is 16.8 Å². The number of nitrogens with one attached hydrogen (secondary N) is 1. The zero-order valence-electron chi connectivity index (χ0n) is 11.8. The van der Waals surface area contributed by atoms with Gasteiger partial charge in [-0.15, -0.1) is 0 Å². The van der Waals surface area contributed by atoms with Gasteiger partial charge in [-0.25, -0.2) is 0 Å². The Bertz CT molecular complexity index is 390. The minimum atomic E-state index is 0.348. The van der Waals surface area contributed by atoms with Crippen LogP contribution in [0.5, 0.6) is 0 Å². The van der Waals surface area contributed by atoms with E-state index in [-0.39, 0.29) is 0 Å². The second kappa shape index (κ2) is 6.01. The first kappa shape index (κ1) is 14.0. The molecular weight excluding hydrogens is 210 g/mol. The Balaban J connectivity index is 3.00. The van der Waals surface area contributed by atoms with E-state index in [1.807, 2.05) is 11.7 Å². The number of hydrogen-bond donors (Lipinski definition) is 1. The minimum absolute atomic E-state index is 0.348. The molecule has 0 spiro atoms. The molecule has 0 aliphatic heterocycles. The lowest BCUT2D eigenvalue weighted by molar-refractivity contribution is 0.537. The van der Waals surface area contributed by atoms with Crippen LogP contribution in [0.25, 0.3) is 0 Å². The Kier molecular flexibility index (Phi) is 4.94. The molecule has 1 unspecified atom stereocenters. The molecule has 17 heavy (non-hydrogen) atoms. The van der Waals surface area contributed by atoms with Gasteiger partial charge < -0.3 is 5.32 Å². The van der Waals surface area contributed by atoms with Crippen molar-refractivity contribution in [2.24, 2.45) is 7.05 Å². The number of aryl methyl sites for hydroxylation is 2. The van der Waals surface area contributed by atoms with Gasteiger partial charge in [-0.05, 0) is 33.2 Å². The Morgan fingerprint density at radius 2 is 2.06 bits per heavy atom. The largest absolute Gasteiger partial charge is 0.310 e. The summed E-state index contributed by atoms with van der Waals surface area (Å²) in [6.07, 6.45) is 2.04. The molecule has 1 rings (SSSR count). The molecule has 3 heteroatoms. The SMILES string of the molecule is C=C(CC)CC(NCC)c1c(C)nn(C)c1C. The van der Waals surface area contributed by atoms with Crippen molar-refractivity contribution in [2.45, 2.75) is 46.6 Å². The summed E-state index contributed by atoms with van der Waals surface area (Å²) in [6, 6.07) is 0.348. The molecule has 0 bridgehead atoms. The van der Waals surface area contributed by atoms with Gasteiger partial charge >= 0.3 is 0 Å². The van der Waals surface area contributed by atoms with E-state index in [9.17, 15) is 0 Å². The first-order valence-corrected chi connectivity index (χ1v) is 6.41. The summed E-state index contributed by atoms with van der Waals surface area (Å²) in [7, 11) is 2.00. The topological polar surface area (TPSA) is 29.9 Å². The molecule has 1 aromatic rings. The molecule has 0 aliphatic carbocycles. The lowest BCUT2D eigenvalue weighted by atomic mass is 9.97. The van der Waals surface area contributed by atoms with Gasteiger partial charge in [0.25, 0.3) is 0 Å². The van der Waals surface area contributed by atoms with Gasteiger partial charge in [-0.1, -0.05) is 26.0 Å². The first-order chi connectivity index (χ1) is 8.01. The molecule has 0 saturated carbocycles. The second-order valence-corrected chi connectivity index (χ2v) is 4.63. The normalized spacial score (nSPS) is 12.8. The quantitative estimate of drug-likeness (QED) is 0.768. The van der Waals surface area contributed by atoms with E-state index in [4.69, 9.17) is 0 Å². The van der Waals surface area contributed by atoms with Crippen molar-refractivity contribution in [1.29, 1.82) is 0 Å². The first-order valence-electron chi connectivity index (χ1n) is 6.41. The monoisotopic (exact) mass is 235 g/mol. The van der Waals surface area contributed by atoms with E-state index in [0.29, 0.717) is 6.04 Å². The lowest BCUT2D eigenvalue weighted by Gasteiger charge is -2.19. The van der Waals surface area contributed by atoms with Crippen LogP contribution in [-0.4, -0.2) is 16.3 Å². The van der Waals surface area contributed by atoms with Gasteiger partial charge in [0, 0.05) is 24.3 Å². The number of nitrogens with zero attached hydrogens (tertiary/aromatic N) is 2. The van der Waals surface area contributed by atoms with Crippen molar-refractivity contribution >= 4 is 0 Å². The third-order valence-corrected chi connectivity index (χ3v) is 3.36. The summed E-state index contributed by atoms with van der Waals surface area (Å²) in [5.74, 6) is 0. The molecule has 1 aromatic heterocycles. The van der Waals surface area contributed by atoms with Gasteiger partial charge in [0.2, 0.25) is 0 Å². The molecule has 1 N–H and O–H groups in total. The van der Waals surface area contributed by atoms with E-state index in [1.54, 1.807) is 0 Å². The maximum absolute atomic E-state index is 4.49. The molecule has 0 aliphatic rings. The van der Waals surface area contributed by atoms with Gasteiger partial charge in [0.15, 0.2) is 0 Å². The number of hydrogen-bond acceptors (Lipinski definition) is 2. The molecule has 96 valence electrons. The van der Waals surface area contributed by atoms with Gasteiger partial charge in [-0.3, -0.25) is 4.68 Å². The Morgan fingerprint density at radius 1 is 1.41 bits per heavy atom. The molecule has 0 radical (unpaired) electrons. The van der Waals surface area contributed by atoms with Crippen molar-refractivity contribution in [3.8, 4) is 0 Å². The van der Waals surface area contributed by atoms with Gasteiger partial charge in [0.1, 0.15) is 0 Å². The molecule has 1 atom stereocenters. The fourth-order valence-corrected chi connectivity index (χ4v) is 2.25. The van der Waals surface area contributed by atoms with Crippen molar-refractivity contribution < 1.29 is 0 Å². The summed E-state index contributed by atoms with van der Waals surface area (Å²) < 4.78 is 1.96. The molecule has 3 nitrogen and oxygen atoms in total. The summed E-state index contributed by atoms with van der Waals surface area (Å²) in [4.78, 5) is 0. The predicted molar refractivity (Wildman–Crippen MR) is 73.1 cm³/mol. The summed E-state index contributed by atoms with van der Waals surface area (Å²) in [5.41, 5.74) is 5.00. The van der Waals surface area contributed by atoms with E-state index in [0.717, 1.165) is 25.1 Å². The Labute approximate surface area is 105 Å². The molecule has 0 saturated heterocycles. The predicted octanol–water partition coefficient (Wildman–Crippen LogP) is 3.04. The van der Waals surface area contributed by atoms with Crippen LogP contribution in [-0.2, 0) is 7.05 Å². The van der Waals surface area contributed by atoms with Crippen LogP contribution in [0.3, 0.4) is 0 Å². The van der Waals surface area contributed by atoms with E-state index >= 15 is 0 Å². The van der Waals surface area contributed by atoms with E-state index in [2.05, 4.69) is 44.7 Å². The van der Waals surface area contributed by atoms with Crippen molar-refractivity contribution in [3.63, 3.8) is 0 Å². The fraction of sp³-hybridized carbons (Fsp3) is 0.643. The highest BCUT2D eigenvalue weighted by Crippen LogP contribution is 2.26. The smallest absolute Gasteiger partial charge is 0.0644 e. The molecular formula is C14H25N3. The van der Waals surface area contributed by atoms with Gasteiger partial charge in [-0.2, -0.15) is 5.10 Å². The molecule has 0 aromatic carbocycles. The average Bonchev–Trinajstić information content (AvgIpc) is 2.52. The summed E-state index contributed by atoms with van der Waals surface area (Å²) in [5, 5.41) is 8.04. The van der Waals surface area contributed by atoms with Crippen molar-refractivity contribution in [1.82, 2.24) is 15.1 Å². The Hall–Kier alpha value is -1.09. The second-order valence-electron chi connectivity index (χ2n) is 4.63. The summed E-state index contributed by atoms with van der Waals surface area (Å²) >= 11 is 0. The lowest BCUT2D eigenvalue weighted by Crippen LogP contribution is -2.22. The Morgan fingerprint density at radius 3 is 2.47 bits per heavy atom. The number of aromatic nitrogens is 2. The highest BCUT2D eigenvalue weighted by atomic mass is 15.3. The van der Waals surface area contributed by atoms with Crippen molar-refractivity contribution in [2.75, 3.05) is 6.54 Å². The molecule has 0 amide bonds. The average molecular weight is 235 g/mol. The molecule has 0 fully saturated rings. The third kappa shape index (κ3) is 3.19. The van der Waals surface area contributed by atoms with E-state index < -0.39 is 0 Å². The van der Waals surface area contributed by atoms with Crippen LogP contribution >= 0.6 is 0 Å². The zero-order chi connectivity index (χ0) is 13.0. The highest BCUT2D eigenvalue weighted by molar-refractivity contribution is 5.29. The van der Waals surface area contributed by atoms with Crippen LogP contribution in [0.15, 0.2) is 12.2 Å². The van der Waals surface area contributed by atoms with Crippen molar-refractivity contribution in [3.05, 3.63) is 29.1 Å². The maximum Gasteiger partial charge on any atom is 0.0644 e. The standard InChI is InChI=1S/C14H25N3/c1-7-10(3)9-13(15-8-2)14-11(4)16-17(6)12(14)5/h13,15H,3,7-9H2,1-2,4-6H3. The third-order valence-electron chi connectivity index (χ3n) is 3.36. The fourth-order valence-electron chi connectivity index (χ4n) is 2.25. The maximum atomic E-state index is 4.49. The van der Waals surface area contributed by atoms with Crippen LogP contribution in [0.4, 0.5) is 0 Å². The molecule has 1 heterocycles. The number of rotatable bonds is 6. The minimum Gasteiger partial charge on any atom is -0.310 e. The summed E-state index contributed by atoms with van der Waals surface area (Å²) in [6.45, 7) is 13.6. The highest BCUT2D eigenvalue weighted by Gasteiger charge is 2.19. The van der Waals surface area contributed by atoms with Crippen LogP contribution in [0, 0.1) is 13.8 Å². The van der Waals surface area contributed by atoms with Crippen LogP contribution in [0.2, 0.25) is 0 Å². The van der Waals surface area contributed by atoms with Crippen LogP contribution < -0.4 is 5.32 Å². The van der Waals surface area contributed by atoms with Crippen LogP contribution in [0.1, 0.15) is 49.7 Å². The van der Waals surface area contributed by atoms with Gasteiger partial charge in [0.05, 0.1) is 5.69 Å².